The minimum Gasteiger partial charge on any atom is -0.309 e. The molecule has 5 rings (SSSR count). The van der Waals surface area contributed by atoms with Crippen LogP contribution in [0.2, 0.25) is 0 Å². The minimum atomic E-state index is -0.0244. The molecule has 0 aliphatic rings. The number of aromatic nitrogens is 2. The average molecular weight is 362 g/mol. The zero-order chi connectivity index (χ0) is 19.1. The molecule has 28 heavy (non-hydrogen) atoms. The molecule has 3 heteroatoms. The SMILES string of the molecule is CC(=O)c1cccc(-c2ccc3c(c2)c2ccccc2n3-c2ccccc2)n1. The van der Waals surface area contributed by atoms with Gasteiger partial charge in [0.2, 0.25) is 0 Å². The van der Waals surface area contributed by atoms with Crippen LogP contribution < -0.4 is 0 Å². The van der Waals surface area contributed by atoms with E-state index in [9.17, 15) is 4.79 Å². The van der Waals surface area contributed by atoms with Crippen LogP contribution in [0.3, 0.4) is 0 Å². The molecule has 3 aromatic carbocycles. The molecule has 0 atom stereocenters. The van der Waals surface area contributed by atoms with Crippen LogP contribution in [0.1, 0.15) is 17.4 Å². The molecule has 0 aliphatic carbocycles. The van der Waals surface area contributed by atoms with Crippen molar-refractivity contribution in [1.29, 1.82) is 0 Å². The fraction of sp³-hybridized carbons (Fsp3) is 0.0400. The molecule has 2 aromatic heterocycles. The van der Waals surface area contributed by atoms with E-state index >= 15 is 0 Å². The summed E-state index contributed by atoms with van der Waals surface area (Å²) in [6.45, 7) is 1.54. The number of fused-ring (bicyclic) bond motifs is 3. The number of nitrogens with zero attached hydrogens (tertiary/aromatic N) is 2. The van der Waals surface area contributed by atoms with Crippen molar-refractivity contribution in [3.05, 3.63) is 96.7 Å². The fourth-order valence-corrected chi connectivity index (χ4v) is 3.78. The summed E-state index contributed by atoms with van der Waals surface area (Å²) in [5.74, 6) is -0.0244. The quantitative estimate of drug-likeness (QED) is 0.366. The maximum atomic E-state index is 11.7. The van der Waals surface area contributed by atoms with Gasteiger partial charge in [-0.05, 0) is 42.5 Å². The predicted molar refractivity (Wildman–Crippen MR) is 114 cm³/mol. The van der Waals surface area contributed by atoms with Gasteiger partial charge in [0.1, 0.15) is 5.69 Å². The van der Waals surface area contributed by atoms with Crippen molar-refractivity contribution in [3.8, 4) is 16.9 Å². The van der Waals surface area contributed by atoms with Crippen LogP contribution in [-0.2, 0) is 0 Å². The van der Waals surface area contributed by atoms with E-state index in [1.807, 2.05) is 18.2 Å². The molecule has 0 saturated carbocycles. The Morgan fingerprint density at radius 3 is 2.32 bits per heavy atom. The van der Waals surface area contributed by atoms with Gasteiger partial charge in [0.15, 0.2) is 5.78 Å². The summed E-state index contributed by atoms with van der Waals surface area (Å²) in [5, 5.41) is 2.37. The molecule has 0 aliphatic heterocycles. The molecule has 5 aromatic rings. The van der Waals surface area contributed by atoms with Crippen molar-refractivity contribution in [2.45, 2.75) is 6.92 Å². The van der Waals surface area contributed by atoms with Crippen LogP contribution in [-0.4, -0.2) is 15.3 Å². The Kier molecular flexibility index (Phi) is 3.80. The van der Waals surface area contributed by atoms with Crippen molar-refractivity contribution < 1.29 is 4.79 Å². The zero-order valence-electron chi connectivity index (χ0n) is 15.5. The Hall–Kier alpha value is -3.72. The standard InChI is InChI=1S/C25H18N2O/c1-17(28)22-11-7-12-23(26-22)18-14-15-25-21(16-18)20-10-5-6-13-24(20)27(25)19-8-3-2-4-9-19/h2-16H,1H3. The Labute approximate surface area is 162 Å². The van der Waals surface area contributed by atoms with Crippen LogP contribution >= 0.6 is 0 Å². The van der Waals surface area contributed by atoms with E-state index in [-0.39, 0.29) is 5.78 Å². The highest BCUT2D eigenvalue weighted by Gasteiger charge is 2.13. The van der Waals surface area contributed by atoms with Crippen molar-refractivity contribution in [2.75, 3.05) is 0 Å². The normalized spacial score (nSPS) is 11.2. The van der Waals surface area contributed by atoms with Crippen LogP contribution in [0.25, 0.3) is 38.8 Å². The first-order chi connectivity index (χ1) is 13.7. The molecule has 0 amide bonds. The number of hydrogen-bond donors (Lipinski definition) is 0. The summed E-state index contributed by atoms with van der Waals surface area (Å²) < 4.78 is 2.29. The lowest BCUT2D eigenvalue weighted by Crippen LogP contribution is -1.97. The lowest BCUT2D eigenvalue weighted by Gasteiger charge is -2.08. The lowest BCUT2D eigenvalue weighted by molar-refractivity contribution is 0.101. The van der Waals surface area contributed by atoms with Gasteiger partial charge < -0.3 is 4.57 Å². The number of hydrogen-bond acceptors (Lipinski definition) is 2. The van der Waals surface area contributed by atoms with E-state index in [4.69, 9.17) is 0 Å². The summed E-state index contributed by atoms with van der Waals surface area (Å²) >= 11 is 0. The molecule has 0 bridgehead atoms. The first-order valence-corrected chi connectivity index (χ1v) is 9.29. The van der Waals surface area contributed by atoms with Gasteiger partial charge >= 0.3 is 0 Å². The highest BCUT2D eigenvalue weighted by atomic mass is 16.1. The largest absolute Gasteiger partial charge is 0.309 e. The Bertz CT molecular complexity index is 1330. The fourth-order valence-electron chi connectivity index (χ4n) is 3.78. The Balaban J connectivity index is 1.79. The number of Topliss-reactive ketones (excluding diaryl/α,β-unsaturated/α-hetero) is 1. The third kappa shape index (κ3) is 2.60. The van der Waals surface area contributed by atoms with E-state index in [0.29, 0.717) is 5.69 Å². The van der Waals surface area contributed by atoms with E-state index in [1.165, 1.54) is 16.3 Å². The molecule has 3 nitrogen and oxygen atoms in total. The second kappa shape index (κ2) is 6.46. The smallest absolute Gasteiger partial charge is 0.178 e. The van der Waals surface area contributed by atoms with E-state index in [2.05, 4.69) is 76.3 Å². The van der Waals surface area contributed by atoms with Crippen molar-refractivity contribution in [1.82, 2.24) is 9.55 Å². The van der Waals surface area contributed by atoms with Gasteiger partial charge in [0.25, 0.3) is 0 Å². The highest BCUT2D eigenvalue weighted by Crippen LogP contribution is 2.34. The van der Waals surface area contributed by atoms with Gasteiger partial charge in [-0.2, -0.15) is 0 Å². The van der Waals surface area contributed by atoms with E-state index < -0.39 is 0 Å². The van der Waals surface area contributed by atoms with Crippen LogP contribution in [0.4, 0.5) is 0 Å². The molecule has 0 unspecified atom stereocenters. The minimum absolute atomic E-state index is 0.0244. The van der Waals surface area contributed by atoms with Gasteiger partial charge in [-0.15, -0.1) is 0 Å². The second-order valence-corrected chi connectivity index (χ2v) is 6.88. The molecule has 0 spiro atoms. The Morgan fingerprint density at radius 2 is 1.50 bits per heavy atom. The summed E-state index contributed by atoms with van der Waals surface area (Å²) in [6, 6.07) is 30.8. The van der Waals surface area contributed by atoms with Gasteiger partial charge in [-0.25, -0.2) is 4.98 Å². The van der Waals surface area contributed by atoms with Gasteiger partial charge in [0.05, 0.1) is 16.7 Å². The van der Waals surface area contributed by atoms with Crippen LogP contribution in [0.5, 0.6) is 0 Å². The molecule has 0 radical (unpaired) electrons. The van der Waals surface area contributed by atoms with Crippen LogP contribution in [0.15, 0.2) is 91.0 Å². The van der Waals surface area contributed by atoms with E-state index in [0.717, 1.165) is 22.5 Å². The number of benzene rings is 3. The van der Waals surface area contributed by atoms with E-state index in [1.54, 1.807) is 13.0 Å². The third-order valence-corrected chi connectivity index (χ3v) is 5.09. The number of rotatable bonds is 3. The van der Waals surface area contributed by atoms with Crippen molar-refractivity contribution in [3.63, 3.8) is 0 Å². The van der Waals surface area contributed by atoms with Crippen molar-refractivity contribution >= 4 is 27.6 Å². The average Bonchev–Trinajstić information content (AvgIpc) is 3.08. The number of carbonyl (C=O) groups is 1. The predicted octanol–water partition coefficient (Wildman–Crippen LogP) is 6.05. The monoisotopic (exact) mass is 362 g/mol. The van der Waals surface area contributed by atoms with Gasteiger partial charge in [-0.1, -0.05) is 48.5 Å². The number of para-hydroxylation sites is 2. The lowest BCUT2D eigenvalue weighted by atomic mass is 10.1. The molecule has 134 valence electrons. The molecular weight excluding hydrogens is 344 g/mol. The van der Waals surface area contributed by atoms with Gasteiger partial charge in [-0.3, -0.25) is 4.79 Å². The molecule has 0 fully saturated rings. The summed E-state index contributed by atoms with van der Waals surface area (Å²) in [7, 11) is 0. The summed E-state index contributed by atoms with van der Waals surface area (Å²) in [6.07, 6.45) is 0. The van der Waals surface area contributed by atoms with Crippen LogP contribution in [0, 0.1) is 0 Å². The second-order valence-electron chi connectivity index (χ2n) is 6.88. The zero-order valence-corrected chi connectivity index (χ0v) is 15.5. The number of ketones is 1. The molecule has 0 saturated heterocycles. The first-order valence-electron chi connectivity index (χ1n) is 9.29. The maximum Gasteiger partial charge on any atom is 0.178 e. The number of carbonyl (C=O) groups excluding carboxylic acids is 1. The topological polar surface area (TPSA) is 34.9 Å². The van der Waals surface area contributed by atoms with Gasteiger partial charge in [0, 0.05) is 28.9 Å². The third-order valence-electron chi connectivity index (χ3n) is 5.09. The molecular formula is C25H18N2O. The molecule has 0 N–H and O–H groups in total. The highest BCUT2D eigenvalue weighted by molar-refractivity contribution is 6.10. The summed E-state index contributed by atoms with van der Waals surface area (Å²) in [5.41, 5.74) is 5.77. The Morgan fingerprint density at radius 1 is 0.750 bits per heavy atom. The first kappa shape index (κ1) is 16.5. The molecule has 2 heterocycles. The number of pyridine rings is 1. The van der Waals surface area contributed by atoms with Crippen molar-refractivity contribution in [2.24, 2.45) is 0 Å². The summed E-state index contributed by atoms with van der Waals surface area (Å²) in [4.78, 5) is 16.2. The maximum absolute atomic E-state index is 11.7.